The molecule has 9 heteroatoms. The van der Waals surface area contributed by atoms with Crippen molar-refractivity contribution in [2.45, 2.75) is 12.1 Å². The van der Waals surface area contributed by atoms with E-state index in [0.29, 0.717) is 5.56 Å². The van der Waals surface area contributed by atoms with E-state index in [2.05, 4.69) is 9.97 Å². The van der Waals surface area contributed by atoms with E-state index in [0.717, 1.165) is 11.8 Å². The Hall–Kier alpha value is -2.86. The Balaban J connectivity index is 2.88. The van der Waals surface area contributed by atoms with Gasteiger partial charge in [-0.05, 0) is 24.8 Å². The quantitative estimate of drug-likeness (QED) is 0.382. The number of nitro benzene ring substituents is 1. The molecule has 0 saturated carbocycles. The van der Waals surface area contributed by atoms with Gasteiger partial charge >= 0.3 is 5.69 Å². The standard InChI is InChI=1S/C13H10N4O4S/c1-6-3-7(11(18)9(4-6)17(20)21)10-8(5-14)12(19)16-13(15-10)22-2/h3-4,18H,1-2H3,(H,15,16,19). The zero-order valence-corrected chi connectivity index (χ0v) is 12.4. The Morgan fingerprint density at radius 1 is 1.50 bits per heavy atom. The van der Waals surface area contributed by atoms with Gasteiger partial charge in [0.1, 0.15) is 17.3 Å². The molecule has 0 aliphatic carbocycles. The van der Waals surface area contributed by atoms with Gasteiger partial charge in [-0.3, -0.25) is 14.9 Å². The first kappa shape index (κ1) is 15.5. The largest absolute Gasteiger partial charge is 0.502 e. The molecule has 0 aliphatic heterocycles. The zero-order valence-electron chi connectivity index (χ0n) is 11.6. The average molecular weight is 318 g/mol. The number of rotatable bonds is 3. The van der Waals surface area contributed by atoms with Crippen LogP contribution in [0, 0.1) is 28.4 Å². The van der Waals surface area contributed by atoms with Gasteiger partial charge < -0.3 is 10.1 Å². The van der Waals surface area contributed by atoms with Gasteiger partial charge in [0.2, 0.25) is 5.75 Å². The minimum atomic E-state index is -0.736. The number of thioether (sulfide) groups is 1. The van der Waals surface area contributed by atoms with Gasteiger partial charge in [0.05, 0.1) is 10.5 Å². The summed E-state index contributed by atoms with van der Waals surface area (Å²) in [6, 6.07) is 4.35. The number of nitriles is 1. The molecule has 1 heterocycles. The van der Waals surface area contributed by atoms with Gasteiger partial charge in [0.15, 0.2) is 5.16 Å². The van der Waals surface area contributed by atoms with Crippen LogP contribution in [-0.4, -0.2) is 26.3 Å². The molecule has 1 aromatic carbocycles. The van der Waals surface area contributed by atoms with E-state index in [1.54, 1.807) is 19.2 Å². The van der Waals surface area contributed by atoms with Crippen molar-refractivity contribution in [1.82, 2.24) is 9.97 Å². The summed E-state index contributed by atoms with van der Waals surface area (Å²) in [5, 5.41) is 30.5. The number of hydrogen-bond acceptors (Lipinski definition) is 7. The van der Waals surface area contributed by atoms with E-state index in [9.17, 15) is 20.0 Å². The predicted octanol–water partition coefficient (Wildman–Crippen LogP) is 1.95. The van der Waals surface area contributed by atoms with Crippen LogP contribution in [0.15, 0.2) is 22.1 Å². The van der Waals surface area contributed by atoms with E-state index in [-0.39, 0.29) is 22.0 Å². The topological polar surface area (TPSA) is 133 Å². The maximum Gasteiger partial charge on any atom is 0.311 e. The molecule has 8 nitrogen and oxygen atoms in total. The van der Waals surface area contributed by atoms with Crippen LogP contribution in [0.5, 0.6) is 5.75 Å². The summed E-state index contributed by atoms with van der Waals surface area (Å²) in [5.74, 6) is -0.628. The molecule has 112 valence electrons. The van der Waals surface area contributed by atoms with E-state index in [1.807, 2.05) is 0 Å². The highest BCUT2D eigenvalue weighted by Gasteiger charge is 2.23. The van der Waals surface area contributed by atoms with Crippen LogP contribution < -0.4 is 5.56 Å². The fourth-order valence-electron chi connectivity index (χ4n) is 1.93. The van der Waals surface area contributed by atoms with E-state index in [4.69, 9.17) is 5.26 Å². The van der Waals surface area contributed by atoms with Crippen LogP contribution in [0.3, 0.4) is 0 Å². The van der Waals surface area contributed by atoms with Crippen molar-refractivity contribution in [1.29, 1.82) is 5.26 Å². The number of aryl methyl sites for hydroxylation is 1. The van der Waals surface area contributed by atoms with Crippen LogP contribution in [-0.2, 0) is 0 Å². The zero-order chi connectivity index (χ0) is 16.4. The van der Waals surface area contributed by atoms with Gasteiger partial charge in [0.25, 0.3) is 5.56 Å². The molecule has 1 aromatic heterocycles. The number of hydrogen-bond donors (Lipinski definition) is 2. The summed E-state index contributed by atoms with van der Waals surface area (Å²) >= 11 is 1.14. The molecule has 2 N–H and O–H groups in total. The lowest BCUT2D eigenvalue weighted by atomic mass is 10.0. The third-order valence-corrected chi connectivity index (χ3v) is 3.47. The lowest BCUT2D eigenvalue weighted by Gasteiger charge is -2.08. The van der Waals surface area contributed by atoms with Crippen molar-refractivity contribution in [3.05, 3.63) is 43.7 Å². The Kier molecular flexibility index (Phi) is 4.14. The maximum atomic E-state index is 11.9. The number of phenolic OH excluding ortho intramolecular Hbond substituents is 1. The molecular weight excluding hydrogens is 308 g/mol. The molecule has 0 aliphatic rings. The Bertz CT molecular complexity index is 870. The van der Waals surface area contributed by atoms with Crippen LogP contribution in [0.4, 0.5) is 5.69 Å². The van der Waals surface area contributed by atoms with Crippen LogP contribution >= 0.6 is 11.8 Å². The summed E-state index contributed by atoms with van der Waals surface area (Å²) < 4.78 is 0. The number of nitrogens with zero attached hydrogens (tertiary/aromatic N) is 3. The molecule has 22 heavy (non-hydrogen) atoms. The van der Waals surface area contributed by atoms with Crippen molar-refractivity contribution in [3.63, 3.8) is 0 Å². The first-order valence-electron chi connectivity index (χ1n) is 5.95. The van der Waals surface area contributed by atoms with Crippen molar-refractivity contribution in [2.24, 2.45) is 0 Å². The normalized spacial score (nSPS) is 10.2. The Labute approximate surface area is 128 Å². The Morgan fingerprint density at radius 2 is 2.18 bits per heavy atom. The van der Waals surface area contributed by atoms with E-state index in [1.165, 1.54) is 12.1 Å². The number of phenols is 1. The van der Waals surface area contributed by atoms with E-state index >= 15 is 0 Å². The molecule has 0 bridgehead atoms. The monoisotopic (exact) mass is 318 g/mol. The summed E-state index contributed by atoms with van der Waals surface area (Å²) in [4.78, 5) is 28.7. The molecule has 0 atom stereocenters. The molecule has 2 rings (SSSR count). The predicted molar refractivity (Wildman–Crippen MR) is 79.8 cm³/mol. The van der Waals surface area contributed by atoms with Crippen LogP contribution in [0.1, 0.15) is 11.1 Å². The fraction of sp³-hybridized carbons (Fsp3) is 0.154. The number of benzene rings is 1. The molecular formula is C13H10N4O4S. The second-order valence-electron chi connectivity index (χ2n) is 4.35. The first-order chi connectivity index (χ1) is 10.4. The molecule has 0 saturated heterocycles. The van der Waals surface area contributed by atoms with Gasteiger partial charge in [0, 0.05) is 6.07 Å². The van der Waals surface area contributed by atoms with Crippen LogP contribution in [0.25, 0.3) is 11.3 Å². The van der Waals surface area contributed by atoms with Gasteiger partial charge in [-0.25, -0.2) is 4.98 Å². The van der Waals surface area contributed by atoms with Gasteiger partial charge in [-0.2, -0.15) is 5.26 Å². The number of nitro groups is 1. The average Bonchev–Trinajstić information content (AvgIpc) is 2.48. The maximum absolute atomic E-state index is 11.9. The Morgan fingerprint density at radius 3 is 2.73 bits per heavy atom. The van der Waals surface area contributed by atoms with Crippen molar-refractivity contribution in [2.75, 3.05) is 6.26 Å². The van der Waals surface area contributed by atoms with Crippen molar-refractivity contribution < 1.29 is 10.0 Å². The van der Waals surface area contributed by atoms with E-state index < -0.39 is 21.9 Å². The van der Waals surface area contributed by atoms with Gasteiger partial charge in [-0.15, -0.1) is 0 Å². The molecule has 0 radical (unpaired) electrons. The molecule has 0 fully saturated rings. The smallest absolute Gasteiger partial charge is 0.311 e. The summed E-state index contributed by atoms with van der Waals surface area (Å²) in [7, 11) is 0. The highest BCUT2D eigenvalue weighted by Crippen LogP contribution is 2.38. The van der Waals surface area contributed by atoms with Crippen molar-refractivity contribution in [3.8, 4) is 23.1 Å². The van der Waals surface area contributed by atoms with Crippen molar-refractivity contribution >= 4 is 17.4 Å². The fourth-order valence-corrected chi connectivity index (χ4v) is 2.30. The highest BCUT2D eigenvalue weighted by atomic mass is 32.2. The molecule has 0 spiro atoms. The number of nitrogens with one attached hydrogen (secondary N) is 1. The lowest BCUT2D eigenvalue weighted by Crippen LogP contribution is -2.14. The minimum Gasteiger partial charge on any atom is -0.502 e. The molecule has 0 unspecified atom stereocenters. The highest BCUT2D eigenvalue weighted by molar-refractivity contribution is 7.98. The minimum absolute atomic E-state index is 0.0235. The number of aromatic amines is 1. The summed E-state index contributed by atoms with van der Waals surface area (Å²) in [6.45, 7) is 1.60. The number of H-pyrrole nitrogens is 1. The van der Waals surface area contributed by atoms with Crippen LogP contribution in [0.2, 0.25) is 0 Å². The number of aromatic nitrogens is 2. The first-order valence-corrected chi connectivity index (χ1v) is 7.18. The SMILES string of the molecule is CSc1nc(-c2cc(C)cc([N+](=O)[O-])c2O)c(C#N)c(=O)[nH]1. The number of aromatic hydroxyl groups is 1. The second-order valence-corrected chi connectivity index (χ2v) is 5.14. The summed E-state index contributed by atoms with van der Waals surface area (Å²) in [6.07, 6.45) is 1.67. The summed E-state index contributed by atoms with van der Waals surface area (Å²) in [5.41, 5.74) is -1.10. The third-order valence-electron chi connectivity index (χ3n) is 2.89. The molecule has 2 aromatic rings. The molecule has 0 amide bonds. The third kappa shape index (κ3) is 2.64. The lowest BCUT2D eigenvalue weighted by molar-refractivity contribution is -0.385. The van der Waals surface area contributed by atoms with Gasteiger partial charge in [-0.1, -0.05) is 11.8 Å². The second kappa shape index (κ2) is 5.87.